The first-order chi connectivity index (χ1) is 23.2. The third-order valence-electron chi connectivity index (χ3n) is 10.3. The largest absolute Gasteiger partial charge is 0.309 e. The molecule has 47 heavy (non-hydrogen) atoms. The molecule has 0 saturated carbocycles. The molecular formula is C45H32N2. The molecule has 0 saturated heterocycles. The summed E-state index contributed by atoms with van der Waals surface area (Å²) in [7, 11) is 0. The average Bonchev–Trinajstić information content (AvgIpc) is 3.64. The first-order valence-corrected chi connectivity index (χ1v) is 16.6. The SMILES string of the molecule is CC(C)c1ccc2c(c1)c(-n1c3ccccc3c3ccccc31)cc1c3ccccc3c(-n3c4ccccc4c4ccccc43)cc21. The van der Waals surface area contributed by atoms with Crippen molar-refractivity contribution in [2.24, 2.45) is 0 Å². The lowest BCUT2D eigenvalue weighted by atomic mass is 9.92. The lowest BCUT2D eigenvalue weighted by Gasteiger charge is -2.19. The Morgan fingerprint density at radius 1 is 0.319 bits per heavy atom. The molecule has 2 aromatic heterocycles. The summed E-state index contributed by atoms with van der Waals surface area (Å²) in [5.41, 5.74) is 8.71. The van der Waals surface area contributed by atoms with Gasteiger partial charge < -0.3 is 9.13 Å². The first kappa shape index (κ1) is 26.4. The summed E-state index contributed by atoms with van der Waals surface area (Å²) < 4.78 is 4.97. The normalized spacial score (nSPS) is 12.2. The first-order valence-electron chi connectivity index (χ1n) is 16.6. The Hall–Kier alpha value is -5.86. The van der Waals surface area contributed by atoms with Crippen molar-refractivity contribution >= 4 is 75.9 Å². The van der Waals surface area contributed by atoms with E-state index in [0.717, 1.165) is 0 Å². The molecule has 0 spiro atoms. The summed E-state index contributed by atoms with van der Waals surface area (Å²) in [5.74, 6) is 0.422. The lowest BCUT2D eigenvalue weighted by molar-refractivity contribution is 0.868. The number of aromatic nitrogens is 2. The average molecular weight is 601 g/mol. The highest BCUT2D eigenvalue weighted by molar-refractivity contribution is 6.23. The predicted octanol–water partition coefficient (Wildman–Crippen LogP) is 12.5. The van der Waals surface area contributed by atoms with Gasteiger partial charge in [0.05, 0.1) is 33.4 Å². The Morgan fingerprint density at radius 2 is 0.681 bits per heavy atom. The van der Waals surface area contributed by atoms with Gasteiger partial charge in [-0.3, -0.25) is 0 Å². The van der Waals surface area contributed by atoms with Gasteiger partial charge in [0.15, 0.2) is 0 Å². The van der Waals surface area contributed by atoms with Crippen molar-refractivity contribution in [2.75, 3.05) is 0 Å². The van der Waals surface area contributed by atoms with Crippen molar-refractivity contribution < 1.29 is 0 Å². The molecule has 0 N–H and O–H groups in total. The fraction of sp³-hybridized carbons (Fsp3) is 0.0667. The van der Waals surface area contributed by atoms with Crippen LogP contribution < -0.4 is 0 Å². The van der Waals surface area contributed by atoms with Crippen LogP contribution in [-0.4, -0.2) is 9.13 Å². The smallest absolute Gasteiger partial charge is 0.0547 e. The number of fused-ring (bicyclic) bond motifs is 11. The van der Waals surface area contributed by atoms with Crippen molar-refractivity contribution in [1.29, 1.82) is 0 Å². The van der Waals surface area contributed by atoms with E-state index in [2.05, 4.69) is 175 Å². The number of hydrogen-bond donors (Lipinski definition) is 0. The van der Waals surface area contributed by atoms with Crippen molar-refractivity contribution in [1.82, 2.24) is 9.13 Å². The molecule has 10 aromatic rings. The Labute approximate surface area is 272 Å². The summed E-state index contributed by atoms with van der Waals surface area (Å²) in [6.45, 7) is 4.58. The molecule has 0 aliphatic heterocycles. The molecule has 0 aliphatic carbocycles. The molecule has 0 fully saturated rings. The van der Waals surface area contributed by atoms with Crippen LogP contribution in [0.1, 0.15) is 25.3 Å². The van der Waals surface area contributed by atoms with E-state index in [0.29, 0.717) is 5.92 Å². The molecule has 2 heterocycles. The van der Waals surface area contributed by atoms with Gasteiger partial charge in [0.2, 0.25) is 0 Å². The number of benzene rings is 8. The summed E-state index contributed by atoms with van der Waals surface area (Å²) in [4.78, 5) is 0. The van der Waals surface area contributed by atoms with Gasteiger partial charge in [0.25, 0.3) is 0 Å². The molecule has 8 aromatic carbocycles. The van der Waals surface area contributed by atoms with E-state index < -0.39 is 0 Å². The number of para-hydroxylation sites is 4. The van der Waals surface area contributed by atoms with Crippen molar-refractivity contribution in [2.45, 2.75) is 19.8 Å². The second kappa shape index (κ2) is 9.82. The molecule has 0 bridgehead atoms. The molecule has 0 unspecified atom stereocenters. The topological polar surface area (TPSA) is 9.86 Å². The Bertz CT molecular complexity index is 2770. The fourth-order valence-corrected chi connectivity index (χ4v) is 8.07. The van der Waals surface area contributed by atoms with E-state index in [1.807, 2.05) is 0 Å². The summed E-state index contributed by atoms with van der Waals surface area (Å²) >= 11 is 0. The van der Waals surface area contributed by atoms with Gasteiger partial charge in [-0.05, 0) is 75.5 Å². The molecule has 10 rings (SSSR count). The van der Waals surface area contributed by atoms with E-state index >= 15 is 0 Å². The molecule has 2 heteroatoms. The van der Waals surface area contributed by atoms with Gasteiger partial charge in [0.1, 0.15) is 0 Å². The van der Waals surface area contributed by atoms with E-state index in [9.17, 15) is 0 Å². The maximum absolute atomic E-state index is 2.49. The van der Waals surface area contributed by atoms with E-state index in [1.54, 1.807) is 0 Å². The van der Waals surface area contributed by atoms with Crippen molar-refractivity contribution in [3.05, 3.63) is 157 Å². The maximum Gasteiger partial charge on any atom is 0.0547 e. The Kier molecular flexibility index (Phi) is 5.51. The van der Waals surface area contributed by atoms with E-state index in [-0.39, 0.29) is 0 Å². The lowest BCUT2D eigenvalue weighted by Crippen LogP contribution is -2.00. The molecule has 2 nitrogen and oxygen atoms in total. The van der Waals surface area contributed by atoms with Crippen molar-refractivity contribution in [3.63, 3.8) is 0 Å². The zero-order chi connectivity index (χ0) is 31.2. The third kappa shape index (κ3) is 3.67. The van der Waals surface area contributed by atoms with Crippen LogP contribution >= 0.6 is 0 Å². The zero-order valence-corrected chi connectivity index (χ0v) is 26.4. The highest BCUT2D eigenvalue weighted by Crippen LogP contribution is 2.43. The van der Waals surface area contributed by atoms with Crippen LogP contribution in [0, 0.1) is 0 Å². The standard InChI is InChI=1S/C45H32N2/c1-28(2)29-23-24-31-38-26-44(46-40-19-9-5-15-33(40)34-16-6-10-20-41(34)46)32-14-4-3-13-30(32)37(38)27-45(39(31)25-29)47-42-21-11-7-17-35(42)36-18-8-12-22-43(36)47/h3-28H,1-2H3. The van der Waals surface area contributed by atoms with E-state index in [1.165, 1.54) is 92.9 Å². The van der Waals surface area contributed by atoms with Crippen LogP contribution in [-0.2, 0) is 0 Å². The summed E-state index contributed by atoms with van der Waals surface area (Å²) in [6.07, 6.45) is 0. The highest BCUT2D eigenvalue weighted by atomic mass is 15.0. The number of hydrogen-bond acceptors (Lipinski definition) is 0. The molecule has 0 aliphatic rings. The van der Waals surface area contributed by atoms with Gasteiger partial charge in [-0.15, -0.1) is 0 Å². The zero-order valence-electron chi connectivity index (χ0n) is 26.4. The quantitative estimate of drug-likeness (QED) is 0.179. The summed E-state index contributed by atoms with van der Waals surface area (Å²) in [6, 6.07) is 56.3. The minimum absolute atomic E-state index is 0.422. The monoisotopic (exact) mass is 600 g/mol. The minimum atomic E-state index is 0.422. The van der Waals surface area contributed by atoms with Crippen molar-refractivity contribution in [3.8, 4) is 11.4 Å². The van der Waals surface area contributed by atoms with Crippen LogP contribution in [0.15, 0.2) is 152 Å². The molecule has 0 radical (unpaired) electrons. The Morgan fingerprint density at radius 3 is 1.13 bits per heavy atom. The van der Waals surface area contributed by atoms with Gasteiger partial charge >= 0.3 is 0 Å². The minimum Gasteiger partial charge on any atom is -0.309 e. The molecule has 0 amide bonds. The van der Waals surface area contributed by atoms with Crippen LogP contribution in [0.5, 0.6) is 0 Å². The molecular weight excluding hydrogens is 569 g/mol. The maximum atomic E-state index is 2.49. The van der Waals surface area contributed by atoms with Crippen LogP contribution in [0.4, 0.5) is 0 Å². The predicted molar refractivity (Wildman–Crippen MR) is 202 cm³/mol. The number of rotatable bonds is 3. The highest BCUT2D eigenvalue weighted by Gasteiger charge is 2.20. The van der Waals surface area contributed by atoms with Gasteiger partial charge in [0, 0.05) is 32.3 Å². The summed E-state index contributed by atoms with van der Waals surface area (Å²) in [5, 5.41) is 12.7. The second-order valence-electron chi connectivity index (χ2n) is 13.1. The van der Waals surface area contributed by atoms with Crippen LogP contribution in [0.25, 0.3) is 87.3 Å². The van der Waals surface area contributed by atoms with Gasteiger partial charge in [-0.2, -0.15) is 0 Å². The van der Waals surface area contributed by atoms with E-state index in [4.69, 9.17) is 0 Å². The second-order valence-corrected chi connectivity index (χ2v) is 13.1. The fourth-order valence-electron chi connectivity index (χ4n) is 8.07. The van der Waals surface area contributed by atoms with Crippen LogP contribution in [0.3, 0.4) is 0 Å². The molecule has 0 atom stereocenters. The third-order valence-corrected chi connectivity index (χ3v) is 10.3. The van der Waals surface area contributed by atoms with Gasteiger partial charge in [-0.25, -0.2) is 0 Å². The molecule has 222 valence electrons. The van der Waals surface area contributed by atoms with Gasteiger partial charge in [-0.1, -0.05) is 123 Å². The Balaban J connectivity index is 1.41. The number of nitrogens with zero attached hydrogens (tertiary/aromatic N) is 2. The van der Waals surface area contributed by atoms with Crippen LogP contribution in [0.2, 0.25) is 0 Å².